The molecule has 0 fully saturated rings. The molecule has 7 heteroatoms. The van der Waals surface area contributed by atoms with Gasteiger partial charge in [-0.3, -0.25) is 4.79 Å². The van der Waals surface area contributed by atoms with Gasteiger partial charge in [0, 0.05) is 18.5 Å². The first-order valence-corrected chi connectivity index (χ1v) is 6.82. The van der Waals surface area contributed by atoms with Crippen LogP contribution in [0, 0.1) is 5.82 Å². The van der Waals surface area contributed by atoms with Crippen LogP contribution in [0.5, 0.6) is 5.75 Å². The lowest BCUT2D eigenvalue weighted by atomic mass is 10.3. The fourth-order valence-corrected chi connectivity index (χ4v) is 2.12. The molecule has 0 spiro atoms. The van der Waals surface area contributed by atoms with E-state index in [0.717, 1.165) is 10.8 Å². The number of aromatic nitrogens is 1. The lowest BCUT2D eigenvalue weighted by Crippen LogP contribution is -2.28. The number of anilines is 1. The number of amides is 1. The van der Waals surface area contributed by atoms with E-state index in [2.05, 4.69) is 15.6 Å². The second-order valence-corrected chi connectivity index (χ2v) is 4.77. The van der Waals surface area contributed by atoms with E-state index >= 15 is 0 Å². The molecule has 1 aromatic heterocycles. The zero-order valence-electron chi connectivity index (χ0n) is 10.9. The van der Waals surface area contributed by atoms with Crippen LogP contribution in [0.4, 0.5) is 9.52 Å². The van der Waals surface area contributed by atoms with Crippen LogP contribution in [0.25, 0.3) is 0 Å². The summed E-state index contributed by atoms with van der Waals surface area (Å²) in [6, 6.07) is 5.66. The summed E-state index contributed by atoms with van der Waals surface area (Å²) in [6.45, 7) is 0.177. The molecule has 5 nitrogen and oxygen atoms in total. The lowest BCUT2D eigenvalue weighted by molar-refractivity contribution is -0.123. The van der Waals surface area contributed by atoms with Gasteiger partial charge in [0.1, 0.15) is 11.6 Å². The third-order valence-corrected chi connectivity index (χ3v) is 3.31. The van der Waals surface area contributed by atoms with E-state index in [-0.39, 0.29) is 12.5 Å². The van der Waals surface area contributed by atoms with Gasteiger partial charge in [0.15, 0.2) is 11.7 Å². The topological polar surface area (TPSA) is 63.2 Å². The Labute approximate surface area is 119 Å². The molecular formula is C13H14FN3O2S. The number of carbonyl (C=O) groups excluding carboxylic acids is 1. The van der Waals surface area contributed by atoms with Crippen molar-refractivity contribution in [3.05, 3.63) is 41.2 Å². The van der Waals surface area contributed by atoms with Crippen molar-refractivity contribution in [2.24, 2.45) is 0 Å². The summed E-state index contributed by atoms with van der Waals surface area (Å²) in [5.74, 6) is -0.357. The van der Waals surface area contributed by atoms with Gasteiger partial charge < -0.3 is 15.4 Å². The number of hydrogen-bond donors (Lipinski definition) is 2. The van der Waals surface area contributed by atoms with E-state index in [1.165, 1.54) is 29.5 Å². The van der Waals surface area contributed by atoms with Crippen LogP contribution in [-0.2, 0) is 11.3 Å². The van der Waals surface area contributed by atoms with E-state index < -0.39 is 5.82 Å². The summed E-state index contributed by atoms with van der Waals surface area (Å²) >= 11 is 1.47. The number of rotatable bonds is 6. The Balaban J connectivity index is 1.75. The third kappa shape index (κ3) is 4.20. The number of ether oxygens (including phenoxy) is 1. The molecule has 1 heterocycles. The van der Waals surface area contributed by atoms with Gasteiger partial charge in [0.25, 0.3) is 5.91 Å². The van der Waals surface area contributed by atoms with Crippen molar-refractivity contribution < 1.29 is 13.9 Å². The fourth-order valence-electron chi connectivity index (χ4n) is 1.45. The molecule has 0 unspecified atom stereocenters. The zero-order chi connectivity index (χ0) is 14.4. The van der Waals surface area contributed by atoms with Gasteiger partial charge in [-0.1, -0.05) is 6.07 Å². The predicted octanol–water partition coefficient (Wildman–Crippen LogP) is 2.02. The molecule has 0 aliphatic heterocycles. The van der Waals surface area contributed by atoms with Crippen molar-refractivity contribution in [3.63, 3.8) is 0 Å². The Hall–Kier alpha value is -2.15. The molecule has 2 aromatic rings. The number of halogens is 1. The van der Waals surface area contributed by atoms with E-state index in [1.54, 1.807) is 13.1 Å². The first kappa shape index (κ1) is 14.3. The molecule has 1 aromatic carbocycles. The summed E-state index contributed by atoms with van der Waals surface area (Å²) < 4.78 is 18.1. The highest BCUT2D eigenvalue weighted by molar-refractivity contribution is 7.13. The Morgan fingerprint density at radius 3 is 3.05 bits per heavy atom. The molecule has 0 saturated heterocycles. The van der Waals surface area contributed by atoms with Crippen molar-refractivity contribution in [2.75, 3.05) is 19.0 Å². The molecule has 0 atom stereocenters. The van der Waals surface area contributed by atoms with Gasteiger partial charge in [0.05, 0.1) is 12.2 Å². The Morgan fingerprint density at radius 1 is 1.50 bits per heavy atom. The summed E-state index contributed by atoms with van der Waals surface area (Å²) in [6.07, 6.45) is 0. The minimum atomic E-state index is -0.398. The minimum absolute atomic E-state index is 0.160. The first-order chi connectivity index (χ1) is 9.67. The van der Waals surface area contributed by atoms with E-state index in [9.17, 15) is 9.18 Å². The molecule has 20 heavy (non-hydrogen) atoms. The van der Waals surface area contributed by atoms with Crippen LogP contribution in [0.1, 0.15) is 5.69 Å². The van der Waals surface area contributed by atoms with Crippen molar-refractivity contribution in [1.82, 2.24) is 10.3 Å². The number of thiazole rings is 1. The standard InChI is InChI=1S/C13H14FN3O2S/c1-15-13-17-10(8-20-13)6-16-12(18)7-19-11-4-2-3-9(14)5-11/h2-5,8H,6-7H2,1H3,(H,15,17)(H,16,18). The molecule has 0 saturated carbocycles. The highest BCUT2D eigenvalue weighted by Crippen LogP contribution is 2.14. The number of hydrogen-bond acceptors (Lipinski definition) is 5. The molecule has 2 N–H and O–H groups in total. The summed E-state index contributed by atoms with van der Waals surface area (Å²) in [7, 11) is 1.79. The SMILES string of the molecule is CNc1nc(CNC(=O)COc2cccc(F)c2)cs1. The minimum Gasteiger partial charge on any atom is -0.484 e. The van der Waals surface area contributed by atoms with Gasteiger partial charge in [-0.05, 0) is 12.1 Å². The lowest BCUT2D eigenvalue weighted by Gasteiger charge is -2.06. The van der Waals surface area contributed by atoms with E-state index in [4.69, 9.17) is 4.74 Å². The monoisotopic (exact) mass is 295 g/mol. The number of benzene rings is 1. The molecule has 106 valence electrons. The molecular weight excluding hydrogens is 281 g/mol. The van der Waals surface area contributed by atoms with Crippen molar-refractivity contribution in [2.45, 2.75) is 6.54 Å². The van der Waals surface area contributed by atoms with Crippen LogP contribution in [0.3, 0.4) is 0 Å². The van der Waals surface area contributed by atoms with E-state index in [0.29, 0.717) is 12.3 Å². The number of carbonyl (C=O) groups is 1. The summed E-state index contributed by atoms with van der Waals surface area (Å²) in [5.41, 5.74) is 0.776. The van der Waals surface area contributed by atoms with Crippen LogP contribution < -0.4 is 15.4 Å². The Morgan fingerprint density at radius 2 is 2.35 bits per heavy atom. The third-order valence-electron chi connectivity index (χ3n) is 2.40. The number of nitrogens with one attached hydrogen (secondary N) is 2. The van der Waals surface area contributed by atoms with Crippen molar-refractivity contribution in [1.29, 1.82) is 0 Å². The quantitative estimate of drug-likeness (QED) is 0.856. The number of nitrogens with zero attached hydrogens (tertiary/aromatic N) is 1. The van der Waals surface area contributed by atoms with Gasteiger partial charge >= 0.3 is 0 Å². The van der Waals surface area contributed by atoms with Crippen molar-refractivity contribution >= 4 is 22.4 Å². The van der Waals surface area contributed by atoms with Gasteiger partial charge in [0.2, 0.25) is 0 Å². The molecule has 0 bridgehead atoms. The normalized spacial score (nSPS) is 10.1. The molecule has 0 radical (unpaired) electrons. The van der Waals surface area contributed by atoms with Gasteiger partial charge in [-0.15, -0.1) is 11.3 Å². The average molecular weight is 295 g/mol. The second-order valence-electron chi connectivity index (χ2n) is 3.92. The van der Waals surface area contributed by atoms with Gasteiger partial charge in [-0.2, -0.15) is 0 Å². The molecule has 0 aliphatic rings. The second kappa shape index (κ2) is 6.85. The largest absolute Gasteiger partial charge is 0.484 e. The molecule has 1 amide bonds. The Bertz CT molecular complexity index is 589. The molecule has 2 rings (SSSR count). The smallest absolute Gasteiger partial charge is 0.258 e. The summed E-state index contributed by atoms with van der Waals surface area (Å²) in [4.78, 5) is 15.8. The average Bonchev–Trinajstić information content (AvgIpc) is 2.91. The zero-order valence-corrected chi connectivity index (χ0v) is 11.7. The van der Waals surface area contributed by atoms with E-state index in [1.807, 2.05) is 5.38 Å². The highest BCUT2D eigenvalue weighted by Gasteiger charge is 2.05. The first-order valence-electron chi connectivity index (χ1n) is 5.94. The summed E-state index contributed by atoms with van der Waals surface area (Å²) in [5, 5.41) is 8.26. The maximum atomic E-state index is 12.9. The Kier molecular flexibility index (Phi) is 4.89. The van der Waals surface area contributed by atoms with Crippen LogP contribution in [0.15, 0.2) is 29.6 Å². The predicted molar refractivity (Wildman–Crippen MR) is 75.4 cm³/mol. The van der Waals surface area contributed by atoms with Gasteiger partial charge in [-0.25, -0.2) is 9.37 Å². The fraction of sp³-hybridized carbons (Fsp3) is 0.231. The van der Waals surface area contributed by atoms with Crippen LogP contribution >= 0.6 is 11.3 Å². The molecule has 0 aliphatic carbocycles. The maximum absolute atomic E-state index is 12.9. The van der Waals surface area contributed by atoms with Crippen LogP contribution in [-0.4, -0.2) is 24.5 Å². The van der Waals surface area contributed by atoms with Crippen LogP contribution in [0.2, 0.25) is 0 Å². The van der Waals surface area contributed by atoms with Crippen molar-refractivity contribution in [3.8, 4) is 5.75 Å². The highest BCUT2D eigenvalue weighted by atomic mass is 32.1. The maximum Gasteiger partial charge on any atom is 0.258 e.